The van der Waals surface area contributed by atoms with Gasteiger partial charge in [0.1, 0.15) is 0 Å². The fraction of sp³-hybridized carbons (Fsp3) is 0.222. The standard InChI is InChI=1S/C18H20O3S/c1-2-9-17(19)18(14-15-10-5-3-6-11-15)22(20,21)16-12-7-4-8-13-16/h3-8,10-14,17,19H,2,9H2,1H3/b18-14+/t17-/m0/s1. The van der Waals surface area contributed by atoms with Crippen LogP contribution in [0.15, 0.2) is 70.5 Å². The van der Waals surface area contributed by atoms with E-state index < -0.39 is 15.9 Å². The lowest BCUT2D eigenvalue weighted by Crippen LogP contribution is -2.18. The molecule has 0 fully saturated rings. The van der Waals surface area contributed by atoms with Crippen molar-refractivity contribution in [1.82, 2.24) is 0 Å². The monoisotopic (exact) mass is 316 g/mol. The molecule has 0 aliphatic carbocycles. The molecule has 0 saturated carbocycles. The Hall–Kier alpha value is -1.91. The van der Waals surface area contributed by atoms with Crippen LogP contribution in [-0.4, -0.2) is 19.6 Å². The van der Waals surface area contributed by atoms with Crippen LogP contribution in [0.2, 0.25) is 0 Å². The number of sulfone groups is 1. The number of aliphatic hydroxyl groups excluding tert-OH is 1. The van der Waals surface area contributed by atoms with E-state index in [0.29, 0.717) is 12.8 Å². The average molecular weight is 316 g/mol. The van der Waals surface area contributed by atoms with Gasteiger partial charge >= 0.3 is 0 Å². The van der Waals surface area contributed by atoms with Gasteiger partial charge in [0.05, 0.1) is 15.9 Å². The van der Waals surface area contributed by atoms with Gasteiger partial charge in [-0.25, -0.2) is 8.42 Å². The molecule has 0 radical (unpaired) electrons. The van der Waals surface area contributed by atoms with E-state index in [-0.39, 0.29) is 9.80 Å². The highest BCUT2D eigenvalue weighted by atomic mass is 32.2. The third-order valence-corrected chi connectivity index (χ3v) is 5.27. The molecular weight excluding hydrogens is 296 g/mol. The van der Waals surface area contributed by atoms with E-state index >= 15 is 0 Å². The summed E-state index contributed by atoms with van der Waals surface area (Å²) in [5.74, 6) is 0. The van der Waals surface area contributed by atoms with Crippen LogP contribution in [0.4, 0.5) is 0 Å². The van der Waals surface area contributed by atoms with Crippen LogP contribution in [0.25, 0.3) is 6.08 Å². The topological polar surface area (TPSA) is 54.4 Å². The summed E-state index contributed by atoms with van der Waals surface area (Å²) < 4.78 is 25.6. The van der Waals surface area contributed by atoms with Gasteiger partial charge < -0.3 is 5.11 Å². The van der Waals surface area contributed by atoms with Gasteiger partial charge in [0.2, 0.25) is 9.84 Å². The molecule has 22 heavy (non-hydrogen) atoms. The van der Waals surface area contributed by atoms with E-state index in [4.69, 9.17) is 0 Å². The van der Waals surface area contributed by atoms with Crippen LogP contribution in [-0.2, 0) is 9.84 Å². The molecule has 0 spiro atoms. The summed E-state index contributed by atoms with van der Waals surface area (Å²) in [6.07, 6.45) is 1.67. The second kappa shape index (κ2) is 7.38. The van der Waals surface area contributed by atoms with Gasteiger partial charge in [-0.1, -0.05) is 61.9 Å². The molecule has 0 aliphatic heterocycles. The van der Waals surface area contributed by atoms with E-state index in [2.05, 4.69) is 0 Å². The smallest absolute Gasteiger partial charge is 0.205 e. The molecular formula is C18H20O3S. The van der Waals surface area contributed by atoms with E-state index in [0.717, 1.165) is 5.56 Å². The number of aliphatic hydroxyl groups is 1. The summed E-state index contributed by atoms with van der Waals surface area (Å²) in [5.41, 5.74) is 0.757. The SMILES string of the molecule is CCC[C@H](O)/C(=C\c1ccccc1)S(=O)(=O)c1ccccc1. The summed E-state index contributed by atoms with van der Waals surface area (Å²) in [4.78, 5) is 0.249. The van der Waals surface area contributed by atoms with Crippen molar-refractivity contribution in [2.45, 2.75) is 30.8 Å². The quantitative estimate of drug-likeness (QED) is 0.885. The Balaban J connectivity index is 2.52. The second-order valence-electron chi connectivity index (χ2n) is 5.08. The summed E-state index contributed by atoms with van der Waals surface area (Å²) >= 11 is 0. The number of hydrogen-bond donors (Lipinski definition) is 1. The molecule has 0 unspecified atom stereocenters. The minimum atomic E-state index is -3.71. The van der Waals surface area contributed by atoms with Crippen molar-refractivity contribution in [1.29, 1.82) is 0 Å². The summed E-state index contributed by atoms with van der Waals surface area (Å²) in [6.45, 7) is 1.92. The molecule has 116 valence electrons. The lowest BCUT2D eigenvalue weighted by Gasteiger charge is -2.15. The van der Waals surface area contributed by atoms with Crippen molar-refractivity contribution in [2.75, 3.05) is 0 Å². The fourth-order valence-electron chi connectivity index (χ4n) is 2.22. The molecule has 4 heteroatoms. The maximum atomic E-state index is 12.8. The predicted molar refractivity (Wildman–Crippen MR) is 89.0 cm³/mol. The average Bonchev–Trinajstić information content (AvgIpc) is 2.54. The lowest BCUT2D eigenvalue weighted by molar-refractivity contribution is 0.207. The van der Waals surface area contributed by atoms with Crippen LogP contribution in [0, 0.1) is 0 Å². The molecule has 0 heterocycles. The third kappa shape index (κ3) is 3.84. The molecule has 0 amide bonds. The Morgan fingerprint density at radius 2 is 1.59 bits per heavy atom. The minimum Gasteiger partial charge on any atom is -0.388 e. The van der Waals surface area contributed by atoms with Gasteiger partial charge in [0.25, 0.3) is 0 Å². The van der Waals surface area contributed by atoms with Crippen molar-refractivity contribution in [3.8, 4) is 0 Å². The van der Waals surface area contributed by atoms with Crippen molar-refractivity contribution in [2.24, 2.45) is 0 Å². The highest BCUT2D eigenvalue weighted by Gasteiger charge is 2.26. The molecule has 0 aromatic heterocycles. The Bertz CT molecular complexity index is 719. The summed E-state index contributed by atoms with van der Waals surface area (Å²) in [5, 5.41) is 10.3. The van der Waals surface area contributed by atoms with Gasteiger partial charge in [0, 0.05) is 0 Å². The molecule has 1 N–H and O–H groups in total. The maximum absolute atomic E-state index is 12.8. The Morgan fingerprint density at radius 3 is 2.14 bits per heavy atom. The number of hydrogen-bond acceptors (Lipinski definition) is 3. The molecule has 2 aromatic carbocycles. The molecule has 0 saturated heterocycles. The lowest BCUT2D eigenvalue weighted by atomic mass is 10.1. The van der Waals surface area contributed by atoms with Crippen LogP contribution in [0.3, 0.4) is 0 Å². The molecule has 1 atom stereocenters. The molecule has 0 aliphatic rings. The largest absolute Gasteiger partial charge is 0.388 e. The molecule has 2 aromatic rings. The molecule has 2 rings (SSSR count). The van der Waals surface area contributed by atoms with Crippen LogP contribution < -0.4 is 0 Å². The van der Waals surface area contributed by atoms with Crippen molar-refractivity contribution in [3.63, 3.8) is 0 Å². The second-order valence-corrected chi connectivity index (χ2v) is 7.03. The van der Waals surface area contributed by atoms with Crippen LogP contribution in [0.1, 0.15) is 25.3 Å². The van der Waals surface area contributed by atoms with Crippen molar-refractivity contribution < 1.29 is 13.5 Å². The number of rotatable bonds is 6. The van der Waals surface area contributed by atoms with Gasteiger partial charge in [-0.2, -0.15) is 0 Å². The van der Waals surface area contributed by atoms with Gasteiger partial charge in [-0.15, -0.1) is 0 Å². The van der Waals surface area contributed by atoms with Gasteiger partial charge in [0.15, 0.2) is 0 Å². The summed E-state index contributed by atoms with van der Waals surface area (Å²) in [6, 6.07) is 17.4. The van der Waals surface area contributed by atoms with E-state index in [1.807, 2.05) is 37.3 Å². The minimum absolute atomic E-state index is 0.0479. The van der Waals surface area contributed by atoms with E-state index in [1.54, 1.807) is 36.4 Å². The zero-order valence-electron chi connectivity index (χ0n) is 12.5. The first-order valence-corrected chi connectivity index (χ1v) is 8.79. The zero-order chi connectivity index (χ0) is 16.0. The fourth-order valence-corrected chi connectivity index (χ4v) is 3.77. The first-order chi connectivity index (χ1) is 10.6. The Labute approximate surface area is 131 Å². The Morgan fingerprint density at radius 1 is 1.05 bits per heavy atom. The predicted octanol–water partition coefficient (Wildman–Crippen LogP) is 3.66. The highest BCUT2D eigenvalue weighted by Crippen LogP contribution is 2.26. The van der Waals surface area contributed by atoms with Crippen LogP contribution >= 0.6 is 0 Å². The first kappa shape index (κ1) is 16.5. The van der Waals surface area contributed by atoms with Gasteiger partial charge in [-0.05, 0) is 30.2 Å². The highest BCUT2D eigenvalue weighted by molar-refractivity contribution is 7.95. The summed E-state index contributed by atoms with van der Waals surface area (Å²) in [7, 11) is -3.71. The van der Waals surface area contributed by atoms with Gasteiger partial charge in [-0.3, -0.25) is 0 Å². The van der Waals surface area contributed by atoms with E-state index in [1.165, 1.54) is 0 Å². The van der Waals surface area contributed by atoms with E-state index in [9.17, 15) is 13.5 Å². The zero-order valence-corrected chi connectivity index (χ0v) is 13.3. The maximum Gasteiger partial charge on any atom is 0.205 e. The van der Waals surface area contributed by atoms with Crippen LogP contribution in [0.5, 0.6) is 0 Å². The number of benzene rings is 2. The van der Waals surface area contributed by atoms with Crippen molar-refractivity contribution in [3.05, 3.63) is 71.1 Å². The first-order valence-electron chi connectivity index (χ1n) is 7.30. The Kier molecular flexibility index (Phi) is 5.52. The third-order valence-electron chi connectivity index (χ3n) is 3.36. The molecule has 0 bridgehead atoms. The normalized spacial score (nSPS) is 13.8. The van der Waals surface area contributed by atoms with Crippen molar-refractivity contribution >= 4 is 15.9 Å². The molecule has 3 nitrogen and oxygen atoms in total.